The van der Waals surface area contributed by atoms with E-state index in [1.165, 1.54) is 0 Å². The van der Waals surface area contributed by atoms with E-state index in [2.05, 4.69) is 15.5 Å². The number of hydrogen-bond donors (Lipinski definition) is 1. The molecule has 0 bridgehead atoms. The van der Waals surface area contributed by atoms with Gasteiger partial charge >= 0.3 is 0 Å². The molecule has 1 aromatic carbocycles. The number of rotatable bonds is 5. The molecule has 0 radical (unpaired) electrons. The van der Waals surface area contributed by atoms with Crippen molar-refractivity contribution in [3.05, 3.63) is 36.0 Å². The van der Waals surface area contributed by atoms with Gasteiger partial charge in [0.25, 0.3) is 5.91 Å². The monoisotopic (exact) mass is 384 g/mol. The Kier molecular flexibility index (Phi) is 5.02. The number of anilines is 1. The molecule has 8 nitrogen and oxygen atoms in total. The molecular weight excluding hydrogens is 360 g/mol. The molecule has 0 saturated heterocycles. The van der Waals surface area contributed by atoms with E-state index >= 15 is 0 Å². The fraction of sp³-hybridized carbons (Fsp3) is 0.500. The van der Waals surface area contributed by atoms with Gasteiger partial charge in [-0.15, -0.1) is 0 Å². The minimum absolute atomic E-state index is 0.00922. The third-order valence-corrected chi connectivity index (χ3v) is 5.41. The Hall–Kier alpha value is -2.90. The van der Waals surface area contributed by atoms with Crippen LogP contribution in [-0.4, -0.2) is 35.1 Å². The van der Waals surface area contributed by atoms with E-state index in [1.807, 2.05) is 24.3 Å². The van der Waals surface area contributed by atoms with Crippen LogP contribution in [-0.2, 0) is 15.1 Å². The molecule has 2 heterocycles. The van der Waals surface area contributed by atoms with Crippen LogP contribution in [0.25, 0.3) is 0 Å². The van der Waals surface area contributed by atoms with E-state index < -0.39 is 5.54 Å². The van der Waals surface area contributed by atoms with E-state index in [0.717, 1.165) is 32.1 Å². The van der Waals surface area contributed by atoms with Crippen LogP contribution >= 0.6 is 0 Å². The summed E-state index contributed by atoms with van der Waals surface area (Å²) >= 11 is 0. The molecule has 1 fully saturated rings. The zero-order valence-electron chi connectivity index (χ0n) is 15.9. The molecule has 148 valence electrons. The number of para-hydroxylation sites is 2. The highest BCUT2D eigenvalue weighted by atomic mass is 16.5. The molecular formula is C20H24N4O4. The van der Waals surface area contributed by atoms with Crippen molar-refractivity contribution < 1.29 is 18.8 Å². The lowest BCUT2D eigenvalue weighted by Gasteiger charge is -2.35. The summed E-state index contributed by atoms with van der Waals surface area (Å²) in [5.41, 5.74) is 0.118. The van der Waals surface area contributed by atoms with Gasteiger partial charge in [0, 0.05) is 19.9 Å². The van der Waals surface area contributed by atoms with E-state index in [0.29, 0.717) is 29.7 Å². The second kappa shape index (κ2) is 7.61. The first-order chi connectivity index (χ1) is 13.6. The molecule has 2 aliphatic rings. The number of aromatic nitrogens is 2. The topological polar surface area (TPSA) is 97.6 Å². The number of hydrogen-bond acceptors (Lipinski definition) is 6. The third-order valence-electron chi connectivity index (χ3n) is 5.41. The van der Waals surface area contributed by atoms with Crippen molar-refractivity contribution >= 4 is 17.5 Å². The van der Waals surface area contributed by atoms with E-state index in [-0.39, 0.29) is 24.8 Å². The number of benzene rings is 1. The summed E-state index contributed by atoms with van der Waals surface area (Å²) in [7, 11) is 0. The molecule has 1 aliphatic carbocycles. The van der Waals surface area contributed by atoms with Crippen LogP contribution in [0.5, 0.6) is 5.75 Å². The van der Waals surface area contributed by atoms with E-state index in [4.69, 9.17) is 9.26 Å². The molecule has 1 N–H and O–H groups in total. The van der Waals surface area contributed by atoms with Gasteiger partial charge in [0.1, 0.15) is 11.3 Å². The number of nitrogens with zero attached hydrogens (tertiary/aromatic N) is 3. The van der Waals surface area contributed by atoms with Gasteiger partial charge in [0.15, 0.2) is 12.4 Å². The Morgan fingerprint density at radius 1 is 1.25 bits per heavy atom. The summed E-state index contributed by atoms with van der Waals surface area (Å²) in [5.74, 6) is 1.43. The molecule has 1 aromatic heterocycles. The summed E-state index contributed by atoms with van der Waals surface area (Å²) in [6.07, 6.45) is 4.91. The van der Waals surface area contributed by atoms with Crippen LogP contribution in [0.2, 0.25) is 0 Å². The van der Waals surface area contributed by atoms with Gasteiger partial charge in [-0.25, -0.2) is 0 Å². The van der Waals surface area contributed by atoms with Gasteiger partial charge in [-0.1, -0.05) is 36.6 Å². The molecule has 2 amide bonds. The Morgan fingerprint density at radius 3 is 2.79 bits per heavy atom. The largest absolute Gasteiger partial charge is 0.482 e. The quantitative estimate of drug-likeness (QED) is 0.850. The Bertz CT molecular complexity index is 873. The maximum absolute atomic E-state index is 12.8. The lowest BCUT2D eigenvalue weighted by molar-refractivity contribution is -0.124. The zero-order valence-corrected chi connectivity index (χ0v) is 15.9. The van der Waals surface area contributed by atoms with Crippen molar-refractivity contribution in [3.8, 4) is 5.75 Å². The summed E-state index contributed by atoms with van der Waals surface area (Å²) in [5, 5.41) is 7.22. The van der Waals surface area contributed by atoms with Crippen LogP contribution in [0.15, 0.2) is 28.8 Å². The molecule has 4 rings (SSSR count). The molecule has 28 heavy (non-hydrogen) atoms. The maximum atomic E-state index is 12.8. The Balaban J connectivity index is 1.45. The van der Waals surface area contributed by atoms with Gasteiger partial charge in [0.05, 0.1) is 5.69 Å². The third kappa shape index (κ3) is 3.58. The highest BCUT2D eigenvalue weighted by Crippen LogP contribution is 2.36. The molecule has 0 unspecified atom stereocenters. The summed E-state index contributed by atoms with van der Waals surface area (Å²) in [6, 6.07) is 7.36. The predicted molar refractivity (Wildman–Crippen MR) is 101 cm³/mol. The van der Waals surface area contributed by atoms with Gasteiger partial charge < -0.3 is 19.5 Å². The number of amides is 2. The van der Waals surface area contributed by atoms with Crippen molar-refractivity contribution in [3.63, 3.8) is 0 Å². The smallest absolute Gasteiger partial charge is 0.265 e. The summed E-state index contributed by atoms with van der Waals surface area (Å²) in [4.78, 5) is 31.1. The van der Waals surface area contributed by atoms with Crippen LogP contribution < -0.4 is 15.0 Å². The Morgan fingerprint density at radius 2 is 2.04 bits per heavy atom. The molecule has 0 spiro atoms. The van der Waals surface area contributed by atoms with Crippen molar-refractivity contribution in [2.24, 2.45) is 0 Å². The van der Waals surface area contributed by atoms with Crippen molar-refractivity contribution in [1.29, 1.82) is 0 Å². The van der Waals surface area contributed by atoms with E-state index in [9.17, 15) is 9.59 Å². The Labute approximate surface area is 163 Å². The second-order valence-electron chi connectivity index (χ2n) is 7.38. The maximum Gasteiger partial charge on any atom is 0.265 e. The fourth-order valence-corrected chi connectivity index (χ4v) is 4.00. The molecule has 8 heteroatoms. The van der Waals surface area contributed by atoms with Crippen LogP contribution in [0.3, 0.4) is 0 Å². The molecule has 0 atom stereocenters. The number of fused-ring (bicyclic) bond motifs is 1. The van der Waals surface area contributed by atoms with Crippen molar-refractivity contribution in [2.45, 2.75) is 51.0 Å². The second-order valence-corrected chi connectivity index (χ2v) is 7.38. The van der Waals surface area contributed by atoms with Crippen LogP contribution in [0.4, 0.5) is 5.69 Å². The fourth-order valence-electron chi connectivity index (χ4n) is 4.00. The zero-order chi connectivity index (χ0) is 19.6. The predicted octanol–water partition coefficient (Wildman–Crippen LogP) is 2.47. The number of ether oxygens (including phenoxy) is 1. The van der Waals surface area contributed by atoms with Crippen LogP contribution in [0, 0.1) is 6.92 Å². The van der Waals surface area contributed by atoms with Crippen molar-refractivity contribution in [1.82, 2.24) is 15.5 Å². The summed E-state index contributed by atoms with van der Waals surface area (Å²) < 4.78 is 10.6. The minimum Gasteiger partial charge on any atom is -0.482 e. The lowest BCUT2D eigenvalue weighted by Crippen LogP contribution is -2.49. The number of nitrogens with one attached hydrogen (secondary N) is 1. The van der Waals surface area contributed by atoms with Gasteiger partial charge in [-0.3, -0.25) is 9.59 Å². The lowest BCUT2D eigenvalue weighted by atomic mass is 9.81. The number of carbonyl (C=O) groups excluding carboxylic acids is 2. The molecule has 1 aliphatic heterocycles. The highest BCUT2D eigenvalue weighted by Gasteiger charge is 2.39. The SMILES string of the molecule is Cc1nc(C2(NC(=O)CCN3C(=O)COc4ccccc43)CCCCC2)no1. The van der Waals surface area contributed by atoms with Crippen LogP contribution in [0.1, 0.15) is 50.2 Å². The first-order valence-corrected chi connectivity index (χ1v) is 9.71. The first-order valence-electron chi connectivity index (χ1n) is 9.71. The standard InChI is InChI=1S/C20H24N4O4/c1-14-21-19(23-28-14)20(10-5-2-6-11-20)22-17(25)9-12-24-15-7-3-4-8-16(15)27-13-18(24)26/h3-4,7-8H,2,5-6,9-13H2,1H3,(H,22,25). The van der Waals surface area contributed by atoms with Gasteiger partial charge in [0.2, 0.25) is 11.8 Å². The molecule has 2 aromatic rings. The highest BCUT2D eigenvalue weighted by molar-refractivity contribution is 5.98. The number of carbonyl (C=O) groups is 2. The first kappa shape index (κ1) is 18.5. The summed E-state index contributed by atoms with van der Waals surface area (Å²) in [6.45, 7) is 2.04. The van der Waals surface area contributed by atoms with Crippen molar-refractivity contribution in [2.75, 3.05) is 18.1 Å². The van der Waals surface area contributed by atoms with Gasteiger partial charge in [-0.05, 0) is 25.0 Å². The average Bonchev–Trinajstić information content (AvgIpc) is 3.15. The number of aryl methyl sites for hydroxylation is 1. The minimum atomic E-state index is -0.583. The average molecular weight is 384 g/mol. The van der Waals surface area contributed by atoms with E-state index in [1.54, 1.807) is 11.8 Å². The molecule has 1 saturated carbocycles. The normalized spacial score (nSPS) is 18.3. The van der Waals surface area contributed by atoms with Gasteiger partial charge in [-0.2, -0.15) is 4.98 Å².